The molecule has 0 aliphatic heterocycles. The van der Waals surface area contributed by atoms with E-state index in [2.05, 4.69) is 13.8 Å². The van der Waals surface area contributed by atoms with Crippen molar-refractivity contribution in [3.63, 3.8) is 0 Å². The maximum absolute atomic E-state index is 13.0. The Morgan fingerprint density at radius 2 is 1.95 bits per heavy atom. The second kappa shape index (κ2) is 7.03. The van der Waals surface area contributed by atoms with Crippen molar-refractivity contribution in [2.75, 3.05) is 6.54 Å². The minimum Gasteiger partial charge on any atom is -0.337 e. The number of rotatable bonds is 7. The lowest BCUT2D eigenvalue weighted by Crippen LogP contribution is -2.44. The molecule has 0 saturated heterocycles. The van der Waals surface area contributed by atoms with Crippen LogP contribution in [0.1, 0.15) is 38.7 Å². The molecule has 1 fully saturated rings. The molecule has 0 aromatic heterocycles. The summed E-state index contributed by atoms with van der Waals surface area (Å²) >= 11 is 0. The fraction of sp³-hybridized carbons (Fsp3) is 0.588. The van der Waals surface area contributed by atoms with Crippen molar-refractivity contribution in [1.29, 1.82) is 0 Å². The third kappa shape index (κ3) is 5.12. The Labute approximate surface area is 126 Å². The zero-order valence-corrected chi connectivity index (χ0v) is 12.9. The van der Waals surface area contributed by atoms with Gasteiger partial charge in [-0.2, -0.15) is 0 Å². The molecule has 2 N–H and O–H groups in total. The number of halogens is 1. The minimum absolute atomic E-state index is 0.0138. The number of carbonyl (C=O) groups is 1. The van der Waals surface area contributed by atoms with Crippen LogP contribution in [0.15, 0.2) is 24.3 Å². The fourth-order valence-corrected chi connectivity index (χ4v) is 2.50. The molecule has 3 nitrogen and oxygen atoms in total. The van der Waals surface area contributed by atoms with Crippen molar-refractivity contribution >= 4 is 5.91 Å². The molecular weight excluding hydrogens is 267 g/mol. The third-order valence-corrected chi connectivity index (χ3v) is 3.82. The van der Waals surface area contributed by atoms with Crippen molar-refractivity contribution < 1.29 is 9.18 Å². The van der Waals surface area contributed by atoms with Gasteiger partial charge in [-0.1, -0.05) is 26.0 Å². The first-order chi connectivity index (χ1) is 9.95. The molecule has 2 rings (SSSR count). The van der Waals surface area contributed by atoms with Gasteiger partial charge in [0.2, 0.25) is 5.91 Å². The van der Waals surface area contributed by atoms with Crippen LogP contribution in [0.2, 0.25) is 0 Å². The topological polar surface area (TPSA) is 46.3 Å². The SMILES string of the molecule is CC(C)C[C@H](N)C(=O)N(Cc1ccc(F)cc1)CC1CC1. The van der Waals surface area contributed by atoms with Crippen LogP contribution in [0.25, 0.3) is 0 Å². The fourth-order valence-electron chi connectivity index (χ4n) is 2.50. The average molecular weight is 292 g/mol. The normalized spacial score (nSPS) is 16.0. The molecule has 0 heterocycles. The van der Waals surface area contributed by atoms with Crippen molar-refractivity contribution in [3.05, 3.63) is 35.6 Å². The van der Waals surface area contributed by atoms with Crippen LogP contribution in [-0.2, 0) is 11.3 Å². The first-order valence-electron chi connectivity index (χ1n) is 7.74. The van der Waals surface area contributed by atoms with Gasteiger partial charge in [0, 0.05) is 13.1 Å². The Hall–Kier alpha value is -1.42. The second-order valence-electron chi connectivity index (χ2n) is 6.52. The summed E-state index contributed by atoms with van der Waals surface area (Å²) in [4.78, 5) is 14.4. The van der Waals surface area contributed by atoms with E-state index < -0.39 is 6.04 Å². The van der Waals surface area contributed by atoms with E-state index >= 15 is 0 Å². The number of benzene rings is 1. The highest BCUT2D eigenvalue weighted by atomic mass is 19.1. The van der Waals surface area contributed by atoms with Gasteiger partial charge in [0.15, 0.2) is 0 Å². The predicted octanol–water partition coefficient (Wildman–Crippen LogP) is 2.94. The molecule has 1 atom stereocenters. The van der Waals surface area contributed by atoms with E-state index in [1.54, 1.807) is 12.1 Å². The van der Waals surface area contributed by atoms with E-state index in [-0.39, 0.29) is 11.7 Å². The standard InChI is InChI=1S/C17H25FN2O/c1-12(2)9-16(19)17(21)20(10-13-3-4-13)11-14-5-7-15(18)8-6-14/h5-8,12-13,16H,3-4,9-11,19H2,1-2H3/t16-/m0/s1. The van der Waals surface area contributed by atoms with Crippen LogP contribution in [0.5, 0.6) is 0 Å². The lowest BCUT2D eigenvalue weighted by Gasteiger charge is -2.26. The van der Waals surface area contributed by atoms with Crippen LogP contribution in [0.4, 0.5) is 4.39 Å². The zero-order valence-electron chi connectivity index (χ0n) is 12.9. The molecule has 0 radical (unpaired) electrons. The highest BCUT2D eigenvalue weighted by Crippen LogP contribution is 2.30. The molecule has 0 unspecified atom stereocenters. The van der Waals surface area contributed by atoms with Gasteiger partial charge in [-0.15, -0.1) is 0 Å². The molecule has 1 aromatic rings. The summed E-state index contributed by atoms with van der Waals surface area (Å²) < 4.78 is 13.0. The van der Waals surface area contributed by atoms with Crippen LogP contribution < -0.4 is 5.73 Å². The van der Waals surface area contributed by atoms with Gasteiger partial charge < -0.3 is 10.6 Å². The largest absolute Gasteiger partial charge is 0.337 e. The van der Waals surface area contributed by atoms with Gasteiger partial charge in [-0.25, -0.2) is 4.39 Å². The van der Waals surface area contributed by atoms with Crippen LogP contribution in [0, 0.1) is 17.7 Å². The summed E-state index contributed by atoms with van der Waals surface area (Å²) in [5, 5.41) is 0. The molecule has 4 heteroatoms. The van der Waals surface area contributed by atoms with Gasteiger partial charge in [0.05, 0.1) is 6.04 Å². The summed E-state index contributed by atoms with van der Waals surface area (Å²) in [6.07, 6.45) is 3.07. The van der Waals surface area contributed by atoms with E-state index in [1.165, 1.54) is 25.0 Å². The highest BCUT2D eigenvalue weighted by molar-refractivity contribution is 5.81. The van der Waals surface area contributed by atoms with E-state index in [4.69, 9.17) is 5.73 Å². The van der Waals surface area contributed by atoms with Crippen LogP contribution in [-0.4, -0.2) is 23.4 Å². The van der Waals surface area contributed by atoms with Gasteiger partial charge in [0.25, 0.3) is 0 Å². The Morgan fingerprint density at radius 3 is 2.48 bits per heavy atom. The highest BCUT2D eigenvalue weighted by Gasteiger charge is 2.29. The summed E-state index contributed by atoms with van der Waals surface area (Å²) in [5.74, 6) is 0.772. The Kier molecular flexibility index (Phi) is 5.34. The van der Waals surface area contributed by atoms with Crippen molar-refractivity contribution in [1.82, 2.24) is 4.90 Å². The van der Waals surface area contributed by atoms with Crippen LogP contribution in [0.3, 0.4) is 0 Å². The number of nitrogens with zero attached hydrogens (tertiary/aromatic N) is 1. The Balaban J connectivity index is 2.02. The van der Waals surface area contributed by atoms with Crippen molar-refractivity contribution in [2.24, 2.45) is 17.6 Å². The van der Waals surface area contributed by atoms with Gasteiger partial charge in [-0.05, 0) is 48.8 Å². The number of nitrogens with two attached hydrogens (primary N) is 1. The molecular formula is C17H25FN2O. The van der Waals surface area contributed by atoms with E-state index in [0.29, 0.717) is 24.8 Å². The number of carbonyl (C=O) groups excluding carboxylic acids is 1. The predicted molar refractivity (Wildman–Crippen MR) is 82.0 cm³/mol. The molecule has 0 bridgehead atoms. The lowest BCUT2D eigenvalue weighted by molar-refractivity contribution is -0.133. The summed E-state index contributed by atoms with van der Waals surface area (Å²) in [7, 11) is 0. The molecule has 1 aliphatic carbocycles. The number of hydrogen-bond acceptors (Lipinski definition) is 2. The van der Waals surface area contributed by atoms with Gasteiger partial charge >= 0.3 is 0 Å². The second-order valence-corrected chi connectivity index (χ2v) is 6.52. The average Bonchev–Trinajstić information content (AvgIpc) is 3.23. The molecule has 1 aliphatic rings. The molecule has 1 aromatic carbocycles. The minimum atomic E-state index is -0.441. The monoisotopic (exact) mass is 292 g/mol. The van der Waals surface area contributed by atoms with E-state index in [1.807, 2.05) is 4.90 Å². The van der Waals surface area contributed by atoms with Gasteiger partial charge in [-0.3, -0.25) is 4.79 Å². The lowest BCUT2D eigenvalue weighted by atomic mass is 10.0. The maximum atomic E-state index is 13.0. The van der Waals surface area contributed by atoms with Crippen molar-refractivity contribution in [2.45, 2.75) is 45.7 Å². The van der Waals surface area contributed by atoms with E-state index in [0.717, 1.165) is 12.1 Å². The summed E-state index contributed by atoms with van der Waals surface area (Å²) in [6, 6.07) is 5.89. The number of amides is 1. The Morgan fingerprint density at radius 1 is 1.33 bits per heavy atom. The Bertz CT molecular complexity index is 468. The maximum Gasteiger partial charge on any atom is 0.239 e. The van der Waals surface area contributed by atoms with Gasteiger partial charge in [0.1, 0.15) is 5.82 Å². The smallest absolute Gasteiger partial charge is 0.239 e. The first kappa shape index (κ1) is 16.0. The molecule has 1 amide bonds. The molecule has 21 heavy (non-hydrogen) atoms. The van der Waals surface area contributed by atoms with E-state index in [9.17, 15) is 9.18 Å². The zero-order chi connectivity index (χ0) is 15.4. The molecule has 0 spiro atoms. The van der Waals surface area contributed by atoms with Crippen molar-refractivity contribution in [3.8, 4) is 0 Å². The quantitative estimate of drug-likeness (QED) is 0.840. The molecule has 116 valence electrons. The molecule has 1 saturated carbocycles. The third-order valence-electron chi connectivity index (χ3n) is 3.82. The van der Waals surface area contributed by atoms with Crippen LogP contribution >= 0.6 is 0 Å². The number of hydrogen-bond donors (Lipinski definition) is 1. The summed E-state index contributed by atoms with van der Waals surface area (Å²) in [5.41, 5.74) is 6.99. The first-order valence-corrected chi connectivity index (χ1v) is 7.74. The summed E-state index contributed by atoms with van der Waals surface area (Å²) in [6.45, 7) is 5.42.